The summed E-state index contributed by atoms with van der Waals surface area (Å²) in [5, 5.41) is 7.18. The smallest absolute Gasteiger partial charge is 0.469 e. The van der Waals surface area contributed by atoms with Crippen molar-refractivity contribution in [1.29, 1.82) is 0 Å². The molecule has 1 amide bonds. The summed E-state index contributed by atoms with van der Waals surface area (Å²) >= 11 is 5.98. The predicted molar refractivity (Wildman–Crippen MR) is 180 cm³/mol. The number of fused-ring (bicyclic) bond motifs is 1. The Morgan fingerprint density at radius 1 is 1.07 bits per heavy atom. The number of phosphoric acid groups is 1. The quantitative estimate of drug-likeness (QED) is 0.102. The van der Waals surface area contributed by atoms with Gasteiger partial charge in [0.25, 0.3) is 5.91 Å². The first-order chi connectivity index (χ1) is 21.2. The molecule has 0 unspecified atom stereocenters. The number of rotatable bonds is 12. The minimum absolute atomic E-state index is 0. The number of nitrogens with zero attached hydrogens (tertiary/aromatic N) is 4. The van der Waals surface area contributed by atoms with E-state index >= 15 is 0 Å². The zero-order chi connectivity index (χ0) is 31.1. The van der Waals surface area contributed by atoms with Crippen LogP contribution in [-0.4, -0.2) is 75.0 Å². The fourth-order valence-corrected chi connectivity index (χ4v) is 5.62. The number of carbonyl (C=O) groups excluding carboxylic acids is 1. The lowest BCUT2D eigenvalue weighted by Gasteiger charge is -2.31. The Morgan fingerprint density at radius 2 is 1.85 bits per heavy atom. The SMILES string of the molecule is COc1cc2c(Nc3ccc(NC(=O)c4cccc(Cl)c4)nc3)ncnc2cc1OCCCN1CCC(OP(=O)(O)O)CC1.Cl.Cl. The van der Waals surface area contributed by atoms with Gasteiger partial charge in [0.1, 0.15) is 18.0 Å². The molecule has 17 heteroatoms. The van der Waals surface area contributed by atoms with Crippen molar-refractivity contribution in [3.8, 4) is 11.5 Å². The van der Waals surface area contributed by atoms with E-state index in [2.05, 4.69) is 30.5 Å². The number of aromatic nitrogens is 3. The van der Waals surface area contributed by atoms with Crippen LogP contribution in [-0.2, 0) is 9.09 Å². The number of likely N-dealkylation sites (tertiary alicyclic amines) is 1. The fourth-order valence-electron chi connectivity index (χ4n) is 4.84. The van der Waals surface area contributed by atoms with E-state index in [4.69, 9.17) is 35.4 Å². The van der Waals surface area contributed by atoms with Crippen molar-refractivity contribution in [2.24, 2.45) is 0 Å². The highest BCUT2D eigenvalue weighted by atomic mass is 35.5. The molecule has 0 saturated carbocycles. The van der Waals surface area contributed by atoms with Crippen molar-refractivity contribution >= 4 is 78.4 Å². The summed E-state index contributed by atoms with van der Waals surface area (Å²) in [7, 11) is -2.89. The molecule has 248 valence electrons. The van der Waals surface area contributed by atoms with Crippen LogP contribution in [0.25, 0.3) is 10.9 Å². The van der Waals surface area contributed by atoms with E-state index in [9.17, 15) is 9.36 Å². The van der Waals surface area contributed by atoms with Gasteiger partial charge < -0.3 is 34.8 Å². The highest BCUT2D eigenvalue weighted by molar-refractivity contribution is 7.46. The zero-order valence-corrected chi connectivity index (χ0v) is 28.0. The standard InChI is InChI=1S/C29H32ClN6O7P.2ClH/c1-41-25-15-23-24(16-26(25)42-13-3-10-36-11-8-22(9-12-36)43-44(38,39)40)32-18-33-28(23)34-21-6-7-27(31-17-21)35-29(37)19-4-2-5-20(30)14-19;;/h2,4-7,14-18,22H,3,8-13H2,1H3,(H,31,35,37)(H,32,33,34)(H2,38,39,40);2*1H. The molecule has 2 aromatic heterocycles. The van der Waals surface area contributed by atoms with Crippen LogP contribution in [0, 0.1) is 0 Å². The number of pyridine rings is 1. The molecule has 4 N–H and O–H groups in total. The zero-order valence-electron chi connectivity index (χ0n) is 24.7. The van der Waals surface area contributed by atoms with Crippen LogP contribution in [0.5, 0.6) is 11.5 Å². The molecule has 0 atom stereocenters. The summed E-state index contributed by atoms with van der Waals surface area (Å²) in [6.07, 6.45) is 4.51. The lowest BCUT2D eigenvalue weighted by Crippen LogP contribution is -2.37. The molecule has 0 bridgehead atoms. The maximum Gasteiger partial charge on any atom is 0.469 e. The molecular formula is C29H34Cl3N6O7P. The van der Waals surface area contributed by atoms with Gasteiger partial charge in [-0.25, -0.2) is 19.5 Å². The lowest BCUT2D eigenvalue weighted by molar-refractivity contribution is 0.0694. The Kier molecular flexibility index (Phi) is 13.8. The van der Waals surface area contributed by atoms with Crippen molar-refractivity contribution in [2.45, 2.75) is 25.4 Å². The maximum absolute atomic E-state index is 12.5. The van der Waals surface area contributed by atoms with Crippen molar-refractivity contribution in [3.05, 3.63) is 71.6 Å². The number of methoxy groups -OCH3 is 1. The normalized spacial score (nSPS) is 13.7. The Bertz CT molecular complexity index is 1660. The third-order valence-electron chi connectivity index (χ3n) is 6.97. The first-order valence-electron chi connectivity index (χ1n) is 13.9. The number of benzene rings is 2. The first kappa shape index (κ1) is 37.2. The molecule has 13 nitrogen and oxygen atoms in total. The highest BCUT2D eigenvalue weighted by Gasteiger charge is 2.26. The van der Waals surface area contributed by atoms with Gasteiger partial charge in [-0.2, -0.15) is 0 Å². The number of nitrogens with one attached hydrogen (secondary N) is 2. The Morgan fingerprint density at radius 3 is 2.52 bits per heavy atom. The number of hydrogen-bond acceptors (Lipinski definition) is 10. The largest absolute Gasteiger partial charge is 0.493 e. The summed E-state index contributed by atoms with van der Waals surface area (Å²) < 4.78 is 27.5. The van der Waals surface area contributed by atoms with Gasteiger partial charge >= 0.3 is 7.82 Å². The minimum Gasteiger partial charge on any atom is -0.493 e. The summed E-state index contributed by atoms with van der Waals surface area (Å²) in [5.74, 6) is 1.70. The van der Waals surface area contributed by atoms with Gasteiger partial charge in [0, 0.05) is 41.7 Å². The van der Waals surface area contributed by atoms with E-state index in [-0.39, 0.29) is 30.7 Å². The topological polar surface area (TPSA) is 168 Å². The summed E-state index contributed by atoms with van der Waals surface area (Å²) in [6.45, 7) is 2.63. The predicted octanol–water partition coefficient (Wildman–Crippen LogP) is 5.87. The second kappa shape index (κ2) is 17.1. The molecule has 1 aliphatic heterocycles. The van der Waals surface area contributed by atoms with Crippen LogP contribution in [0.2, 0.25) is 5.02 Å². The Balaban J connectivity index is 0.00000288. The van der Waals surface area contributed by atoms with Crippen LogP contribution < -0.4 is 20.1 Å². The van der Waals surface area contributed by atoms with E-state index in [0.717, 1.165) is 18.4 Å². The number of phosphoric ester groups is 1. The van der Waals surface area contributed by atoms with Crippen molar-refractivity contribution in [2.75, 3.05) is 44.0 Å². The molecule has 0 aliphatic carbocycles. The van der Waals surface area contributed by atoms with Gasteiger partial charge in [0.2, 0.25) is 0 Å². The Hall–Kier alpha value is -3.26. The molecule has 5 rings (SSSR count). The van der Waals surface area contributed by atoms with E-state index in [0.29, 0.717) is 77.5 Å². The fraction of sp³-hybridized carbons (Fsp3) is 0.310. The van der Waals surface area contributed by atoms with Gasteiger partial charge in [0.15, 0.2) is 11.5 Å². The van der Waals surface area contributed by atoms with Gasteiger partial charge in [0.05, 0.1) is 37.2 Å². The number of piperidine rings is 1. The van der Waals surface area contributed by atoms with Gasteiger partial charge in [-0.1, -0.05) is 17.7 Å². The van der Waals surface area contributed by atoms with Crippen LogP contribution in [0.1, 0.15) is 29.6 Å². The second-order valence-electron chi connectivity index (χ2n) is 10.1. The molecule has 2 aromatic carbocycles. The van der Waals surface area contributed by atoms with E-state index < -0.39 is 13.9 Å². The average molecular weight is 716 g/mol. The van der Waals surface area contributed by atoms with Gasteiger partial charge in [-0.3, -0.25) is 9.32 Å². The molecule has 4 aromatic rings. The lowest BCUT2D eigenvalue weighted by atomic mass is 10.1. The van der Waals surface area contributed by atoms with Gasteiger partial charge in [-0.15, -0.1) is 24.8 Å². The van der Waals surface area contributed by atoms with E-state index in [1.165, 1.54) is 6.33 Å². The number of carbonyl (C=O) groups is 1. The molecule has 46 heavy (non-hydrogen) atoms. The van der Waals surface area contributed by atoms with Crippen LogP contribution in [0.3, 0.4) is 0 Å². The summed E-state index contributed by atoms with van der Waals surface area (Å²) in [4.78, 5) is 45.8. The number of ether oxygens (including phenoxy) is 2. The number of anilines is 3. The van der Waals surface area contributed by atoms with E-state index in [1.54, 1.807) is 55.8 Å². The van der Waals surface area contributed by atoms with Crippen molar-refractivity contribution in [3.63, 3.8) is 0 Å². The highest BCUT2D eigenvalue weighted by Crippen LogP contribution is 2.40. The van der Waals surface area contributed by atoms with Crippen LogP contribution in [0.4, 0.5) is 17.3 Å². The first-order valence-corrected chi connectivity index (χ1v) is 15.8. The third-order valence-corrected chi connectivity index (χ3v) is 7.78. The maximum atomic E-state index is 12.5. The number of amides is 1. The van der Waals surface area contributed by atoms with E-state index in [1.807, 2.05) is 6.07 Å². The molecule has 0 radical (unpaired) electrons. The minimum atomic E-state index is -4.46. The van der Waals surface area contributed by atoms with Crippen LogP contribution >= 0.6 is 44.2 Å². The number of hydrogen-bond donors (Lipinski definition) is 4. The molecule has 1 aliphatic rings. The molecule has 1 fully saturated rings. The summed E-state index contributed by atoms with van der Waals surface area (Å²) in [6, 6.07) is 13.7. The molecule has 3 heterocycles. The summed E-state index contributed by atoms with van der Waals surface area (Å²) in [5.41, 5.74) is 1.74. The average Bonchev–Trinajstić information content (AvgIpc) is 3.00. The Labute approximate surface area is 283 Å². The monoisotopic (exact) mass is 714 g/mol. The van der Waals surface area contributed by atoms with Gasteiger partial charge in [-0.05, 0) is 55.7 Å². The molecular weight excluding hydrogens is 682 g/mol. The van der Waals surface area contributed by atoms with Crippen molar-refractivity contribution < 1.29 is 33.1 Å². The molecule has 0 spiro atoms. The second-order valence-corrected chi connectivity index (χ2v) is 11.7. The third kappa shape index (κ3) is 10.4. The van der Waals surface area contributed by atoms with Crippen molar-refractivity contribution in [1.82, 2.24) is 19.9 Å². The molecule has 1 saturated heterocycles. The number of halogens is 3. The van der Waals surface area contributed by atoms with Crippen LogP contribution in [0.15, 0.2) is 61.1 Å².